The molecule has 0 heterocycles. The Morgan fingerprint density at radius 3 is 2.92 bits per heavy atom. The smallest absolute Gasteiger partial charge is 0.221 e. The molecule has 0 aromatic heterocycles. The van der Waals surface area contributed by atoms with E-state index >= 15 is 0 Å². The van der Waals surface area contributed by atoms with E-state index in [-0.39, 0.29) is 5.24 Å². The monoisotopic (exact) mass is 198 g/mol. The molecule has 0 saturated heterocycles. The minimum Gasteiger partial charge on any atom is -0.497 e. The SMILES string of the molecule is COc1cccc(CCC(=O)Cl)c1. The highest BCUT2D eigenvalue weighted by Crippen LogP contribution is 2.14. The number of hydrogen-bond donors (Lipinski definition) is 0. The molecule has 1 rings (SSSR count). The third-order valence-electron chi connectivity index (χ3n) is 1.74. The summed E-state index contributed by atoms with van der Waals surface area (Å²) in [5.74, 6) is 0.805. The fourth-order valence-electron chi connectivity index (χ4n) is 1.07. The number of carbonyl (C=O) groups excluding carboxylic acids is 1. The van der Waals surface area contributed by atoms with Crippen LogP contribution in [0.3, 0.4) is 0 Å². The molecular formula is C10H11ClO2. The lowest BCUT2D eigenvalue weighted by atomic mass is 10.1. The first-order chi connectivity index (χ1) is 6.22. The summed E-state index contributed by atoms with van der Waals surface area (Å²) >= 11 is 5.23. The Kier molecular flexibility index (Phi) is 3.77. The molecule has 0 radical (unpaired) electrons. The minimum absolute atomic E-state index is 0.303. The van der Waals surface area contributed by atoms with Gasteiger partial charge in [-0.05, 0) is 35.7 Å². The molecule has 0 atom stereocenters. The van der Waals surface area contributed by atoms with E-state index < -0.39 is 0 Å². The van der Waals surface area contributed by atoms with Gasteiger partial charge in [-0.1, -0.05) is 12.1 Å². The molecule has 1 aromatic carbocycles. The fourth-order valence-corrected chi connectivity index (χ4v) is 1.17. The lowest BCUT2D eigenvalue weighted by Gasteiger charge is -2.02. The van der Waals surface area contributed by atoms with Crippen LogP contribution in [0.5, 0.6) is 5.75 Å². The number of halogens is 1. The lowest BCUT2D eigenvalue weighted by molar-refractivity contribution is -0.111. The van der Waals surface area contributed by atoms with Crippen LogP contribution in [0.2, 0.25) is 0 Å². The largest absolute Gasteiger partial charge is 0.497 e. The number of aryl methyl sites for hydroxylation is 1. The maximum Gasteiger partial charge on any atom is 0.221 e. The van der Waals surface area contributed by atoms with Crippen molar-refractivity contribution in [2.45, 2.75) is 12.8 Å². The molecule has 0 amide bonds. The highest BCUT2D eigenvalue weighted by Gasteiger charge is 1.99. The number of rotatable bonds is 4. The number of carbonyl (C=O) groups is 1. The van der Waals surface area contributed by atoms with Crippen molar-refractivity contribution < 1.29 is 9.53 Å². The van der Waals surface area contributed by atoms with E-state index in [0.29, 0.717) is 12.8 Å². The van der Waals surface area contributed by atoms with Crippen LogP contribution in [0.25, 0.3) is 0 Å². The number of methoxy groups -OCH3 is 1. The molecule has 0 saturated carbocycles. The molecule has 2 nitrogen and oxygen atoms in total. The summed E-state index contributed by atoms with van der Waals surface area (Å²) in [5.41, 5.74) is 1.06. The Balaban J connectivity index is 2.61. The van der Waals surface area contributed by atoms with Crippen LogP contribution < -0.4 is 4.74 Å². The van der Waals surface area contributed by atoms with E-state index in [1.807, 2.05) is 24.3 Å². The van der Waals surface area contributed by atoms with Gasteiger partial charge in [0, 0.05) is 6.42 Å². The van der Waals surface area contributed by atoms with Crippen molar-refractivity contribution in [3.05, 3.63) is 29.8 Å². The third-order valence-corrected chi connectivity index (χ3v) is 1.93. The first kappa shape index (κ1) is 10.1. The van der Waals surface area contributed by atoms with Crippen molar-refractivity contribution in [3.63, 3.8) is 0 Å². The van der Waals surface area contributed by atoms with E-state index in [1.54, 1.807) is 7.11 Å². The van der Waals surface area contributed by atoms with E-state index in [2.05, 4.69) is 0 Å². The Labute approximate surface area is 82.5 Å². The van der Waals surface area contributed by atoms with Gasteiger partial charge in [0.05, 0.1) is 7.11 Å². The number of hydrogen-bond acceptors (Lipinski definition) is 2. The zero-order valence-electron chi connectivity index (χ0n) is 7.42. The predicted octanol–water partition coefficient (Wildman–Crippen LogP) is 2.39. The standard InChI is InChI=1S/C10H11ClO2/c1-13-9-4-2-3-8(7-9)5-6-10(11)12/h2-4,7H,5-6H2,1H3. The second kappa shape index (κ2) is 4.87. The molecule has 0 N–H and O–H groups in total. The van der Waals surface area contributed by atoms with E-state index in [9.17, 15) is 4.79 Å². The molecule has 0 fully saturated rings. The molecule has 0 bridgehead atoms. The molecule has 0 aliphatic carbocycles. The van der Waals surface area contributed by atoms with Crippen LogP contribution >= 0.6 is 11.6 Å². The van der Waals surface area contributed by atoms with Gasteiger partial charge < -0.3 is 4.74 Å². The van der Waals surface area contributed by atoms with E-state index in [0.717, 1.165) is 11.3 Å². The normalized spacial score (nSPS) is 9.69. The van der Waals surface area contributed by atoms with Crippen LogP contribution in [0, 0.1) is 0 Å². The van der Waals surface area contributed by atoms with Crippen molar-refractivity contribution in [2.75, 3.05) is 7.11 Å². The molecule has 70 valence electrons. The summed E-state index contributed by atoms with van der Waals surface area (Å²) in [4.78, 5) is 10.5. The van der Waals surface area contributed by atoms with Gasteiger partial charge in [-0.25, -0.2) is 0 Å². The van der Waals surface area contributed by atoms with Crippen molar-refractivity contribution in [1.82, 2.24) is 0 Å². The van der Waals surface area contributed by atoms with Crippen LogP contribution in [0.1, 0.15) is 12.0 Å². The highest BCUT2D eigenvalue weighted by atomic mass is 35.5. The first-order valence-corrected chi connectivity index (χ1v) is 4.41. The molecule has 0 spiro atoms. The Morgan fingerprint density at radius 1 is 1.54 bits per heavy atom. The molecule has 0 aliphatic heterocycles. The predicted molar refractivity (Wildman–Crippen MR) is 52.2 cm³/mol. The molecule has 3 heteroatoms. The average molecular weight is 199 g/mol. The van der Waals surface area contributed by atoms with Gasteiger partial charge >= 0.3 is 0 Å². The Hall–Kier alpha value is -1.02. The van der Waals surface area contributed by atoms with Gasteiger partial charge in [-0.2, -0.15) is 0 Å². The fraction of sp³-hybridized carbons (Fsp3) is 0.300. The zero-order chi connectivity index (χ0) is 9.68. The van der Waals surface area contributed by atoms with Crippen molar-refractivity contribution >= 4 is 16.8 Å². The maximum atomic E-state index is 10.5. The molecule has 0 unspecified atom stereocenters. The number of ether oxygens (including phenoxy) is 1. The quantitative estimate of drug-likeness (QED) is 0.695. The molecule has 1 aromatic rings. The van der Waals surface area contributed by atoms with Gasteiger partial charge in [-0.15, -0.1) is 0 Å². The topological polar surface area (TPSA) is 26.3 Å². The summed E-state index contributed by atoms with van der Waals surface area (Å²) in [7, 11) is 1.62. The lowest BCUT2D eigenvalue weighted by Crippen LogP contribution is -1.92. The minimum atomic E-state index is -0.303. The van der Waals surface area contributed by atoms with E-state index in [1.165, 1.54) is 0 Å². The summed E-state index contributed by atoms with van der Waals surface area (Å²) in [6.45, 7) is 0. The summed E-state index contributed by atoms with van der Waals surface area (Å²) < 4.78 is 5.04. The van der Waals surface area contributed by atoms with Gasteiger partial charge in [-0.3, -0.25) is 4.79 Å². The molecule has 0 aliphatic rings. The van der Waals surface area contributed by atoms with Crippen LogP contribution in [-0.4, -0.2) is 12.4 Å². The van der Waals surface area contributed by atoms with Crippen LogP contribution in [0.4, 0.5) is 0 Å². The summed E-state index contributed by atoms with van der Waals surface area (Å²) in [6.07, 6.45) is 1.04. The molecular weight excluding hydrogens is 188 g/mol. The number of benzene rings is 1. The van der Waals surface area contributed by atoms with Crippen LogP contribution in [-0.2, 0) is 11.2 Å². The summed E-state index contributed by atoms with van der Waals surface area (Å²) in [6, 6.07) is 7.61. The average Bonchev–Trinajstić information content (AvgIpc) is 2.15. The van der Waals surface area contributed by atoms with E-state index in [4.69, 9.17) is 16.3 Å². The zero-order valence-corrected chi connectivity index (χ0v) is 8.17. The Morgan fingerprint density at radius 2 is 2.31 bits per heavy atom. The highest BCUT2D eigenvalue weighted by molar-refractivity contribution is 6.63. The van der Waals surface area contributed by atoms with Crippen LogP contribution in [0.15, 0.2) is 24.3 Å². The first-order valence-electron chi connectivity index (χ1n) is 4.03. The van der Waals surface area contributed by atoms with Gasteiger partial charge in [0.15, 0.2) is 0 Å². The summed E-state index contributed by atoms with van der Waals surface area (Å²) in [5, 5.41) is -0.303. The second-order valence-corrected chi connectivity index (χ2v) is 3.13. The third kappa shape index (κ3) is 3.47. The molecule has 13 heavy (non-hydrogen) atoms. The van der Waals surface area contributed by atoms with Gasteiger partial charge in [0.2, 0.25) is 5.24 Å². The van der Waals surface area contributed by atoms with Gasteiger partial charge in [0.1, 0.15) is 5.75 Å². The van der Waals surface area contributed by atoms with Gasteiger partial charge in [0.25, 0.3) is 0 Å². The van der Waals surface area contributed by atoms with Crippen molar-refractivity contribution in [1.29, 1.82) is 0 Å². The maximum absolute atomic E-state index is 10.5. The van der Waals surface area contributed by atoms with Crippen molar-refractivity contribution in [2.24, 2.45) is 0 Å². The Bertz CT molecular complexity index is 297. The second-order valence-electron chi connectivity index (χ2n) is 2.71. The van der Waals surface area contributed by atoms with Crippen molar-refractivity contribution in [3.8, 4) is 5.75 Å².